The van der Waals surface area contributed by atoms with E-state index in [1.54, 1.807) is 6.07 Å². The van der Waals surface area contributed by atoms with Gasteiger partial charge in [-0.25, -0.2) is 4.99 Å². The van der Waals surface area contributed by atoms with Crippen molar-refractivity contribution in [2.45, 2.75) is 63.7 Å². The molecule has 1 aromatic rings. The number of benzene rings is 1. The maximum atomic E-state index is 13.9. The summed E-state index contributed by atoms with van der Waals surface area (Å²) in [5.41, 5.74) is -1.67. The van der Waals surface area contributed by atoms with Gasteiger partial charge in [0, 0.05) is 27.7 Å². The van der Waals surface area contributed by atoms with E-state index in [4.69, 9.17) is 23.7 Å². The number of hydrogen-bond donors (Lipinski definition) is 0. The number of aliphatic imine (C=N–C) groups is 1. The zero-order chi connectivity index (χ0) is 27.0. The van der Waals surface area contributed by atoms with Crippen molar-refractivity contribution in [3.05, 3.63) is 30.3 Å². The predicted octanol–water partition coefficient (Wildman–Crippen LogP) is 3.10. The van der Waals surface area contributed by atoms with Crippen molar-refractivity contribution in [3.8, 4) is 0 Å². The van der Waals surface area contributed by atoms with Gasteiger partial charge < -0.3 is 23.7 Å². The van der Waals surface area contributed by atoms with E-state index in [0.29, 0.717) is 0 Å². The Balaban J connectivity index is 2.55. The monoisotopic (exact) mass is 535 g/mol. The molecule has 0 radical (unpaired) electrons. The third kappa shape index (κ3) is 8.82. The highest BCUT2D eigenvalue weighted by molar-refractivity contribution is 8.14. The Morgan fingerprint density at radius 2 is 1.39 bits per heavy atom. The molecule has 1 aliphatic rings. The SMILES string of the molecule is CC(=O)OC[C@H]1O[C@@H](SC(=Nc2ccccc2)C(F)(F)F)[C@H](OC(C)=O)[C@@H](OC(C)=O)[C@H]1OC(C)=O. The van der Waals surface area contributed by atoms with E-state index in [1.165, 1.54) is 24.3 Å². The standard InChI is InChI=1S/C22H24F3NO9S/c1-11(27)31-10-16-17(32-12(2)28)18(33-13(3)29)19(34-14(4)30)20(35-16)36-21(22(23,24)25)26-15-8-6-5-7-9-15/h5-9,16-20H,10H2,1-4H3/t16-,17+,18+,19-,20+/m1/s1. The number of para-hydroxylation sites is 1. The number of nitrogens with zero attached hydrogens (tertiary/aromatic N) is 1. The van der Waals surface area contributed by atoms with Crippen LogP contribution in [0, 0.1) is 0 Å². The van der Waals surface area contributed by atoms with E-state index in [9.17, 15) is 32.3 Å². The van der Waals surface area contributed by atoms with Crippen molar-refractivity contribution < 1.29 is 56.0 Å². The number of hydrogen-bond acceptors (Lipinski definition) is 11. The topological polar surface area (TPSA) is 127 Å². The molecule has 14 heteroatoms. The van der Waals surface area contributed by atoms with Crippen LogP contribution in [0.15, 0.2) is 35.3 Å². The van der Waals surface area contributed by atoms with Gasteiger partial charge in [0.1, 0.15) is 12.7 Å². The van der Waals surface area contributed by atoms with E-state index >= 15 is 0 Å². The van der Waals surface area contributed by atoms with Crippen molar-refractivity contribution in [2.24, 2.45) is 4.99 Å². The maximum absolute atomic E-state index is 13.9. The number of esters is 4. The lowest BCUT2D eigenvalue weighted by atomic mass is 9.99. The molecule has 10 nitrogen and oxygen atoms in total. The Kier molecular flexibility index (Phi) is 10.3. The third-order valence-corrected chi connectivity index (χ3v) is 5.56. The van der Waals surface area contributed by atoms with Gasteiger partial charge in [0.25, 0.3) is 0 Å². The van der Waals surface area contributed by atoms with Crippen LogP contribution in [0.1, 0.15) is 27.7 Å². The summed E-state index contributed by atoms with van der Waals surface area (Å²) in [7, 11) is 0. The average Bonchev–Trinajstić information content (AvgIpc) is 2.75. The van der Waals surface area contributed by atoms with Crippen LogP contribution in [-0.2, 0) is 42.9 Å². The molecule has 1 aliphatic heterocycles. The lowest BCUT2D eigenvalue weighted by molar-refractivity contribution is -0.237. The lowest BCUT2D eigenvalue weighted by Gasteiger charge is -2.44. The number of thioether (sulfide) groups is 1. The molecule has 1 saturated heterocycles. The molecule has 198 valence electrons. The largest absolute Gasteiger partial charge is 0.463 e. The number of ether oxygens (including phenoxy) is 5. The molecule has 0 amide bonds. The fraction of sp³-hybridized carbons (Fsp3) is 0.500. The van der Waals surface area contributed by atoms with Crippen molar-refractivity contribution in [3.63, 3.8) is 0 Å². The van der Waals surface area contributed by atoms with Gasteiger partial charge in [0.05, 0.1) is 5.69 Å². The second kappa shape index (κ2) is 12.7. The quantitative estimate of drug-likeness (QED) is 0.222. The minimum Gasteiger partial charge on any atom is -0.463 e. The summed E-state index contributed by atoms with van der Waals surface area (Å²) in [5.74, 6) is -3.44. The van der Waals surface area contributed by atoms with Crippen LogP contribution in [0.2, 0.25) is 0 Å². The summed E-state index contributed by atoms with van der Waals surface area (Å²) >= 11 is 0.0606. The van der Waals surface area contributed by atoms with Crippen LogP contribution in [0.25, 0.3) is 0 Å². The van der Waals surface area contributed by atoms with Gasteiger partial charge in [-0.3, -0.25) is 19.2 Å². The number of carbonyl (C=O) groups is 4. The van der Waals surface area contributed by atoms with Crippen LogP contribution < -0.4 is 0 Å². The van der Waals surface area contributed by atoms with Crippen molar-refractivity contribution in [2.75, 3.05) is 6.61 Å². The smallest absolute Gasteiger partial charge is 0.439 e. The fourth-order valence-corrected chi connectivity index (χ4v) is 4.22. The van der Waals surface area contributed by atoms with Gasteiger partial charge in [0.15, 0.2) is 28.8 Å². The molecule has 0 saturated carbocycles. The van der Waals surface area contributed by atoms with E-state index in [0.717, 1.165) is 27.7 Å². The number of rotatable bonds is 7. The molecule has 0 unspecified atom stereocenters. The predicted molar refractivity (Wildman–Crippen MR) is 119 cm³/mol. The number of carbonyl (C=O) groups excluding carboxylic acids is 4. The summed E-state index contributed by atoms with van der Waals surface area (Å²) in [6, 6.07) is 7.27. The van der Waals surface area contributed by atoms with Crippen molar-refractivity contribution in [1.29, 1.82) is 0 Å². The minimum atomic E-state index is -4.94. The highest BCUT2D eigenvalue weighted by Gasteiger charge is 2.54. The van der Waals surface area contributed by atoms with Gasteiger partial charge in [0.2, 0.25) is 0 Å². The van der Waals surface area contributed by atoms with E-state index < -0.39 is 71.6 Å². The van der Waals surface area contributed by atoms with Crippen LogP contribution in [0.4, 0.5) is 18.9 Å². The van der Waals surface area contributed by atoms with E-state index in [1.807, 2.05) is 0 Å². The summed E-state index contributed by atoms with van der Waals surface area (Å²) in [5, 5.41) is -1.35. The molecule has 36 heavy (non-hydrogen) atoms. The van der Waals surface area contributed by atoms with Crippen LogP contribution in [-0.4, -0.2) is 71.6 Å². The summed E-state index contributed by atoms with van der Waals surface area (Å²) in [6.07, 6.45) is -11.0. The zero-order valence-corrected chi connectivity index (χ0v) is 20.5. The van der Waals surface area contributed by atoms with Gasteiger partial charge in [-0.2, -0.15) is 13.2 Å². The van der Waals surface area contributed by atoms with E-state index in [2.05, 4.69) is 4.99 Å². The Hall–Kier alpha value is -3.13. The Labute approximate surface area is 208 Å². The minimum absolute atomic E-state index is 0.0111. The summed E-state index contributed by atoms with van der Waals surface area (Å²) in [6.45, 7) is 3.54. The molecule has 2 rings (SSSR count). The normalized spacial score (nSPS) is 24.4. The van der Waals surface area contributed by atoms with Crippen molar-refractivity contribution >= 4 is 46.4 Å². The van der Waals surface area contributed by atoms with Gasteiger partial charge in [-0.15, -0.1) is 0 Å². The average molecular weight is 535 g/mol. The Bertz CT molecular complexity index is 987. The first-order valence-corrected chi connectivity index (χ1v) is 11.3. The molecule has 1 heterocycles. The number of halogens is 3. The molecule has 0 aromatic heterocycles. The molecular formula is C22H24F3NO9S. The van der Waals surface area contributed by atoms with Gasteiger partial charge >= 0.3 is 30.1 Å². The van der Waals surface area contributed by atoms with Gasteiger partial charge in [-0.05, 0) is 12.1 Å². The summed E-state index contributed by atoms with van der Waals surface area (Å²) < 4.78 is 68.0. The molecule has 0 bridgehead atoms. The molecule has 1 aromatic carbocycles. The highest BCUT2D eigenvalue weighted by Crippen LogP contribution is 2.39. The first-order chi connectivity index (χ1) is 16.8. The molecule has 5 atom stereocenters. The second-order valence-corrected chi connectivity index (χ2v) is 8.52. The first-order valence-electron chi connectivity index (χ1n) is 10.5. The Morgan fingerprint density at radius 1 is 0.861 bits per heavy atom. The molecule has 1 fully saturated rings. The first kappa shape index (κ1) is 29.1. The van der Waals surface area contributed by atoms with Crippen molar-refractivity contribution in [1.82, 2.24) is 0 Å². The lowest BCUT2D eigenvalue weighted by Crippen LogP contribution is -2.61. The molecule has 0 aliphatic carbocycles. The maximum Gasteiger partial charge on any atom is 0.439 e. The van der Waals surface area contributed by atoms with Crippen LogP contribution >= 0.6 is 11.8 Å². The number of alkyl halides is 3. The highest BCUT2D eigenvalue weighted by atomic mass is 32.2. The summed E-state index contributed by atoms with van der Waals surface area (Å²) in [4.78, 5) is 50.4. The van der Waals surface area contributed by atoms with E-state index in [-0.39, 0.29) is 17.4 Å². The molecular weight excluding hydrogens is 511 g/mol. The van der Waals surface area contributed by atoms with Crippen LogP contribution in [0.5, 0.6) is 0 Å². The third-order valence-electron chi connectivity index (χ3n) is 4.41. The molecule has 0 spiro atoms. The molecule has 0 N–H and O–H groups in total. The van der Waals surface area contributed by atoms with Crippen LogP contribution in [0.3, 0.4) is 0 Å². The fourth-order valence-electron chi connectivity index (χ4n) is 3.17. The van der Waals surface area contributed by atoms with Gasteiger partial charge in [-0.1, -0.05) is 30.0 Å². The zero-order valence-electron chi connectivity index (χ0n) is 19.6. The second-order valence-electron chi connectivity index (χ2n) is 7.44. The Morgan fingerprint density at radius 3 is 1.89 bits per heavy atom.